The van der Waals surface area contributed by atoms with Gasteiger partial charge in [0.15, 0.2) is 0 Å². The van der Waals surface area contributed by atoms with E-state index in [1.54, 1.807) is 0 Å². The fourth-order valence-electron chi connectivity index (χ4n) is 0.246. The van der Waals surface area contributed by atoms with Crippen molar-refractivity contribution in [3.63, 3.8) is 0 Å². The lowest BCUT2D eigenvalue weighted by molar-refractivity contribution is -0.116. The molecule has 0 bridgehead atoms. The van der Waals surface area contributed by atoms with Crippen molar-refractivity contribution in [2.45, 2.75) is 20.8 Å². The van der Waals surface area contributed by atoms with Crippen LogP contribution >= 0.6 is 0 Å². The summed E-state index contributed by atoms with van der Waals surface area (Å²) >= 11 is 0. The first kappa shape index (κ1) is 11.1. The topological polar surface area (TPSA) is 29.1 Å². The minimum absolute atomic E-state index is 0. The lowest BCUT2D eigenvalue weighted by Gasteiger charge is -1.90. The smallest absolute Gasteiger partial charge is 0.243 e. The first-order valence-electron chi connectivity index (χ1n) is 3.21. The second kappa shape index (κ2) is 10.2. The molecule has 0 aliphatic rings. The van der Waals surface area contributed by atoms with Gasteiger partial charge in [-0.3, -0.25) is 4.79 Å². The van der Waals surface area contributed by atoms with Gasteiger partial charge in [-0.15, -0.1) is 0 Å². The monoisotopic (exact) mass is 131 g/mol. The normalized spacial score (nSPS) is 6.56. The number of likely N-dealkylation sites (N-methyl/N-ethyl adjacent to an activating group) is 1. The number of hydrogen-bond donors (Lipinski definition) is 1. The van der Waals surface area contributed by atoms with Gasteiger partial charge in [-0.25, -0.2) is 0 Å². The molecule has 9 heavy (non-hydrogen) atoms. The lowest BCUT2D eigenvalue weighted by atomic mass is 10.6. The molecule has 0 spiro atoms. The second-order valence-corrected chi connectivity index (χ2v) is 1.10. The molecule has 0 aromatic rings. The predicted octanol–water partition coefficient (Wildman–Crippen LogP) is 1.58. The Kier molecular flexibility index (Phi) is 12.6. The van der Waals surface area contributed by atoms with Crippen molar-refractivity contribution in [3.05, 3.63) is 12.7 Å². The fraction of sp³-hybridized carbons (Fsp3) is 0.571. The summed E-state index contributed by atoms with van der Waals surface area (Å²) in [6, 6.07) is 0. The van der Waals surface area contributed by atoms with Crippen molar-refractivity contribution in [2.24, 2.45) is 0 Å². The molecule has 1 amide bonds. The van der Waals surface area contributed by atoms with Crippen LogP contribution in [0.25, 0.3) is 0 Å². The van der Waals surface area contributed by atoms with E-state index in [0.717, 1.165) is 0 Å². The highest BCUT2D eigenvalue weighted by Gasteiger charge is 1.83. The SMILES string of the molecule is C=CC(=O)NCC.CC.[HH]. The molecule has 0 saturated heterocycles. The van der Waals surface area contributed by atoms with Crippen molar-refractivity contribution in [1.82, 2.24) is 5.32 Å². The van der Waals surface area contributed by atoms with Crippen LogP contribution in [0.4, 0.5) is 0 Å². The summed E-state index contributed by atoms with van der Waals surface area (Å²) in [5.74, 6) is -0.109. The van der Waals surface area contributed by atoms with Gasteiger partial charge in [0.25, 0.3) is 0 Å². The molecule has 0 unspecified atom stereocenters. The van der Waals surface area contributed by atoms with Gasteiger partial charge in [0.05, 0.1) is 0 Å². The van der Waals surface area contributed by atoms with Gasteiger partial charge >= 0.3 is 0 Å². The summed E-state index contributed by atoms with van der Waals surface area (Å²) in [7, 11) is 0. The van der Waals surface area contributed by atoms with E-state index in [1.807, 2.05) is 20.8 Å². The van der Waals surface area contributed by atoms with Crippen LogP contribution < -0.4 is 5.32 Å². The van der Waals surface area contributed by atoms with E-state index in [4.69, 9.17) is 0 Å². The van der Waals surface area contributed by atoms with E-state index in [-0.39, 0.29) is 7.33 Å². The Hall–Kier alpha value is -0.790. The minimum Gasteiger partial charge on any atom is -0.353 e. The van der Waals surface area contributed by atoms with Gasteiger partial charge in [-0.1, -0.05) is 20.4 Å². The molecular weight excluding hydrogens is 114 g/mol. The Morgan fingerprint density at radius 1 is 1.78 bits per heavy atom. The number of carbonyl (C=O) groups is 1. The molecule has 0 heterocycles. The van der Waals surface area contributed by atoms with Crippen LogP contribution in [-0.4, -0.2) is 12.5 Å². The highest BCUT2D eigenvalue weighted by atomic mass is 16.1. The van der Waals surface area contributed by atoms with E-state index >= 15 is 0 Å². The van der Waals surface area contributed by atoms with E-state index < -0.39 is 0 Å². The third-order valence-corrected chi connectivity index (χ3v) is 0.536. The number of hydrogen-bond acceptors (Lipinski definition) is 1. The van der Waals surface area contributed by atoms with Crippen molar-refractivity contribution in [2.75, 3.05) is 6.54 Å². The molecule has 0 fully saturated rings. The zero-order valence-corrected chi connectivity index (χ0v) is 6.40. The Balaban J connectivity index is -0.000000149. The molecular formula is C7H17NO. The summed E-state index contributed by atoms with van der Waals surface area (Å²) in [6.45, 7) is 9.80. The maximum absolute atomic E-state index is 10.2. The largest absolute Gasteiger partial charge is 0.353 e. The van der Waals surface area contributed by atoms with Crippen LogP contribution in [0.5, 0.6) is 0 Å². The number of carbonyl (C=O) groups excluding carboxylic acids is 1. The van der Waals surface area contributed by atoms with Crippen LogP contribution in [0.3, 0.4) is 0 Å². The first-order valence-corrected chi connectivity index (χ1v) is 3.21. The van der Waals surface area contributed by atoms with Crippen LogP contribution in [0.1, 0.15) is 22.2 Å². The molecule has 0 atom stereocenters. The standard InChI is InChI=1S/C5H9NO.C2H6.H2/c1-3-5(7)6-4-2;1-2;/h3H,1,4H2,2H3,(H,6,7);1-2H3;1H. The average Bonchev–Trinajstić information content (AvgIpc) is 1.93. The maximum atomic E-state index is 10.2. The quantitative estimate of drug-likeness (QED) is 0.566. The number of nitrogens with one attached hydrogen (secondary N) is 1. The molecule has 1 N–H and O–H groups in total. The van der Waals surface area contributed by atoms with Crippen LogP contribution in [0.2, 0.25) is 0 Å². The predicted molar refractivity (Wildman–Crippen MR) is 42.3 cm³/mol. The van der Waals surface area contributed by atoms with Crippen molar-refractivity contribution in [3.8, 4) is 0 Å². The molecule has 0 aliphatic carbocycles. The lowest BCUT2D eigenvalue weighted by Crippen LogP contribution is -2.19. The zero-order valence-electron chi connectivity index (χ0n) is 6.40. The zero-order chi connectivity index (χ0) is 7.70. The maximum Gasteiger partial charge on any atom is 0.243 e. The number of rotatable bonds is 2. The molecule has 0 rings (SSSR count). The summed E-state index contributed by atoms with van der Waals surface area (Å²) in [5, 5.41) is 2.54. The number of amides is 1. The third-order valence-electron chi connectivity index (χ3n) is 0.536. The second-order valence-electron chi connectivity index (χ2n) is 1.10. The highest BCUT2D eigenvalue weighted by Crippen LogP contribution is 1.61. The highest BCUT2D eigenvalue weighted by molar-refractivity contribution is 5.86. The van der Waals surface area contributed by atoms with E-state index in [9.17, 15) is 4.79 Å². The summed E-state index contributed by atoms with van der Waals surface area (Å²) in [5.41, 5.74) is 0. The van der Waals surface area contributed by atoms with Crippen LogP contribution in [0, 0.1) is 0 Å². The minimum atomic E-state index is -0.109. The molecule has 0 aromatic heterocycles. The van der Waals surface area contributed by atoms with Crippen LogP contribution in [-0.2, 0) is 4.79 Å². The fourth-order valence-corrected chi connectivity index (χ4v) is 0.246. The average molecular weight is 131 g/mol. The molecule has 0 aromatic carbocycles. The Morgan fingerprint density at radius 2 is 2.22 bits per heavy atom. The summed E-state index contributed by atoms with van der Waals surface area (Å²) in [6.07, 6.45) is 1.25. The molecule has 0 aliphatic heterocycles. The Labute approximate surface area is 58.4 Å². The van der Waals surface area contributed by atoms with Gasteiger partial charge in [-0.05, 0) is 13.0 Å². The van der Waals surface area contributed by atoms with Crippen molar-refractivity contribution in [1.29, 1.82) is 0 Å². The molecule has 0 saturated carbocycles. The molecule has 56 valence electrons. The van der Waals surface area contributed by atoms with E-state index in [0.29, 0.717) is 6.54 Å². The Morgan fingerprint density at radius 3 is 2.33 bits per heavy atom. The Bertz CT molecular complexity index is 83.7. The summed E-state index contributed by atoms with van der Waals surface area (Å²) in [4.78, 5) is 10.2. The summed E-state index contributed by atoms with van der Waals surface area (Å²) < 4.78 is 0. The van der Waals surface area contributed by atoms with Crippen LogP contribution in [0.15, 0.2) is 12.7 Å². The van der Waals surface area contributed by atoms with Gasteiger partial charge in [0.1, 0.15) is 0 Å². The molecule has 2 heteroatoms. The molecule has 0 radical (unpaired) electrons. The van der Waals surface area contributed by atoms with Crippen molar-refractivity contribution >= 4 is 5.91 Å². The van der Waals surface area contributed by atoms with Gasteiger partial charge in [0, 0.05) is 7.97 Å². The van der Waals surface area contributed by atoms with E-state index in [2.05, 4.69) is 11.9 Å². The van der Waals surface area contributed by atoms with Crippen molar-refractivity contribution < 1.29 is 6.22 Å². The third kappa shape index (κ3) is 11.0. The van der Waals surface area contributed by atoms with Gasteiger partial charge in [0.2, 0.25) is 5.91 Å². The first-order chi connectivity index (χ1) is 4.31. The van der Waals surface area contributed by atoms with Gasteiger partial charge < -0.3 is 5.32 Å². The van der Waals surface area contributed by atoms with Gasteiger partial charge in [-0.2, -0.15) is 0 Å². The van der Waals surface area contributed by atoms with E-state index in [1.165, 1.54) is 6.08 Å². The molecule has 2 nitrogen and oxygen atoms in total.